The van der Waals surface area contributed by atoms with Gasteiger partial charge in [0.1, 0.15) is 5.82 Å². The van der Waals surface area contributed by atoms with Gasteiger partial charge in [-0.2, -0.15) is 4.98 Å². The summed E-state index contributed by atoms with van der Waals surface area (Å²) in [5.74, 6) is 0.123. The smallest absolute Gasteiger partial charge is 0.222 e. The fourth-order valence-corrected chi connectivity index (χ4v) is 3.13. The largest absolute Gasteiger partial charge is 0.383 e. The van der Waals surface area contributed by atoms with E-state index in [1.54, 1.807) is 42.5 Å². The average molecular weight is 437 g/mol. The van der Waals surface area contributed by atoms with Gasteiger partial charge in [0.15, 0.2) is 5.78 Å². The molecule has 9 heteroatoms. The van der Waals surface area contributed by atoms with Crippen LogP contribution < -0.4 is 16.8 Å². The van der Waals surface area contributed by atoms with Crippen molar-refractivity contribution < 1.29 is 4.79 Å². The Morgan fingerprint density at radius 2 is 1.71 bits per heavy atom. The zero-order chi connectivity index (χ0) is 20.3. The Morgan fingerprint density at radius 1 is 1.00 bits per heavy atom. The number of nitrogens with one attached hydrogen (secondary N) is 1. The lowest BCUT2D eigenvalue weighted by Crippen LogP contribution is -2.10. The third-order valence-corrected chi connectivity index (χ3v) is 5.01. The van der Waals surface area contributed by atoms with Crippen LogP contribution >= 0.6 is 34.8 Å². The Labute approximate surface area is 176 Å². The van der Waals surface area contributed by atoms with Crippen LogP contribution in [0.15, 0.2) is 42.5 Å². The molecular weight excluding hydrogens is 421 g/mol. The van der Waals surface area contributed by atoms with Crippen LogP contribution in [0.2, 0.25) is 10.0 Å². The number of nitrogens with two attached hydrogens (primary N) is 2. The first-order valence-electron chi connectivity index (χ1n) is 8.19. The minimum Gasteiger partial charge on any atom is -0.383 e. The van der Waals surface area contributed by atoms with Crippen molar-refractivity contribution in [3.8, 4) is 11.1 Å². The van der Waals surface area contributed by atoms with Crippen molar-refractivity contribution in [1.82, 2.24) is 9.97 Å². The number of hydrogen-bond donors (Lipinski definition) is 3. The minimum atomic E-state index is -0.133. The number of carbonyl (C=O) groups is 1. The van der Waals surface area contributed by atoms with Gasteiger partial charge in [-0.25, -0.2) is 4.98 Å². The maximum atomic E-state index is 11.6. The van der Waals surface area contributed by atoms with Crippen LogP contribution in [0.25, 0.3) is 11.1 Å². The number of benzene rings is 2. The van der Waals surface area contributed by atoms with Crippen LogP contribution in [0.1, 0.15) is 16.1 Å². The van der Waals surface area contributed by atoms with Gasteiger partial charge in [-0.3, -0.25) is 4.79 Å². The molecule has 1 heterocycles. The first-order chi connectivity index (χ1) is 13.4. The molecule has 6 nitrogen and oxygen atoms in total. The number of ketones is 1. The Bertz CT molecular complexity index is 1020. The molecule has 3 rings (SSSR count). The highest BCUT2D eigenvalue weighted by Gasteiger charge is 2.15. The second-order valence-corrected chi connectivity index (χ2v) is 6.99. The second kappa shape index (κ2) is 8.65. The van der Waals surface area contributed by atoms with E-state index in [1.165, 1.54) is 0 Å². The number of rotatable bonds is 6. The molecule has 0 saturated heterocycles. The van der Waals surface area contributed by atoms with Crippen LogP contribution in [0.5, 0.6) is 0 Å². The highest BCUT2D eigenvalue weighted by Crippen LogP contribution is 2.33. The molecule has 1 aromatic heterocycles. The molecule has 2 aromatic carbocycles. The highest BCUT2D eigenvalue weighted by molar-refractivity contribution is 6.42. The van der Waals surface area contributed by atoms with Gasteiger partial charge in [-0.1, -0.05) is 29.3 Å². The monoisotopic (exact) mass is 435 g/mol. The Kier molecular flexibility index (Phi) is 6.24. The molecule has 0 aliphatic heterocycles. The molecule has 0 unspecified atom stereocenters. The first kappa shape index (κ1) is 20.2. The van der Waals surface area contributed by atoms with Crippen LogP contribution in [0.4, 0.5) is 17.5 Å². The van der Waals surface area contributed by atoms with E-state index in [-0.39, 0.29) is 23.4 Å². The highest BCUT2D eigenvalue weighted by atomic mass is 35.5. The minimum absolute atomic E-state index is 0.0563. The van der Waals surface area contributed by atoms with Crippen molar-refractivity contribution in [3.05, 3.63) is 63.8 Å². The molecule has 0 atom stereocenters. The number of carbonyl (C=O) groups excluding carboxylic acids is 1. The van der Waals surface area contributed by atoms with E-state index in [4.69, 9.17) is 46.3 Å². The summed E-state index contributed by atoms with van der Waals surface area (Å²) in [5, 5.41) is 4.06. The average Bonchev–Trinajstić information content (AvgIpc) is 2.68. The number of nitrogen functional groups attached to an aromatic ring is 2. The van der Waals surface area contributed by atoms with Crippen molar-refractivity contribution in [3.63, 3.8) is 0 Å². The van der Waals surface area contributed by atoms with E-state index in [9.17, 15) is 4.79 Å². The van der Waals surface area contributed by atoms with Crippen molar-refractivity contribution in [2.24, 2.45) is 0 Å². The number of halogens is 3. The lowest BCUT2D eigenvalue weighted by Gasteiger charge is -2.14. The Morgan fingerprint density at radius 3 is 2.36 bits per heavy atom. The molecule has 0 spiro atoms. The SMILES string of the molecule is Nc1nc(N)c(-c2ccc(Cl)c(Cl)c2)c(CNc2ccc(C(=O)CCl)cc2)n1. The zero-order valence-electron chi connectivity index (χ0n) is 14.5. The van der Waals surface area contributed by atoms with Crippen molar-refractivity contribution in [2.75, 3.05) is 22.7 Å². The summed E-state index contributed by atoms with van der Waals surface area (Å²) in [5.41, 5.74) is 15.2. The fraction of sp³-hybridized carbons (Fsp3) is 0.105. The van der Waals surface area contributed by atoms with Crippen molar-refractivity contribution in [2.45, 2.75) is 6.54 Å². The van der Waals surface area contributed by atoms with Gasteiger partial charge < -0.3 is 16.8 Å². The van der Waals surface area contributed by atoms with Crippen LogP contribution in [-0.2, 0) is 6.54 Å². The first-order valence-corrected chi connectivity index (χ1v) is 9.48. The van der Waals surface area contributed by atoms with Crippen molar-refractivity contribution in [1.29, 1.82) is 0 Å². The number of alkyl halides is 1. The molecule has 144 valence electrons. The number of hydrogen-bond acceptors (Lipinski definition) is 6. The lowest BCUT2D eigenvalue weighted by molar-refractivity contribution is 0.102. The third kappa shape index (κ3) is 4.47. The summed E-state index contributed by atoms with van der Waals surface area (Å²) in [7, 11) is 0. The lowest BCUT2D eigenvalue weighted by atomic mass is 10.0. The normalized spacial score (nSPS) is 10.7. The van der Waals surface area contributed by atoms with Gasteiger partial charge in [0, 0.05) is 16.8 Å². The Balaban J connectivity index is 1.89. The van der Waals surface area contributed by atoms with Gasteiger partial charge in [-0.05, 0) is 42.0 Å². The molecular formula is C19H16Cl3N5O. The molecule has 0 fully saturated rings. The van der Waals surface area contributed by atoms with E-state index in [2.05, 4.69) is 15.3 Å². The van der Waals surface area contributed by atoms with E-state index >= 15 is 0 Å². The number of Topliss-reactive ketones (excluding diaryl/α,β-unsaturated/α-hetero) is 1. The maximum Gasteiger partial charge on any atom is 0.222 e. The van der Waals surface area contributed by atoms with Gasteiger partial charge in [0.25, 0.3) is 0 Å². The van der Waals surface area contributed by atoms with Gasteiger partial charge >= 0.3 is 0 Å². The zero-order valence-corrected chi connectivity index (χ0v) is 16.8. The summed E-state index contributed by atoms with van der Waals surface area (Å²) < 4.78 is 0. The standard InChI is InChI=1S/C19H16Cl3N5O/c20-8-16(28)10-1-4-12(5-2-10)25-9-15-17(18(23)27-19(24)26-15)11-3-6-13(21)14(22)7-11/h1-7,25H,8-9H2,(H4,23,24,26,27). The van der Waals surface area contributed by atoms with Crippen LogP contribution in [-0.4, -0.2) is 21.6 Å². The summed E-state index contributed by atoms with van der Waals surface area (Å²) >= 11 is 17.7. The van der Waals surface area contributed by atoms with Crippen LogP contribution in [0.3, 0.4) is 0 Å². The van der Waals surface area contributed by atoms with Gasteiger partial charge in [0.2, 0.25) is 5.95 Å². The number of aromatic nitrogens is 2. The second-order valence-electron chi connectivity index (χ2n) is 5.91. The summed E-state index contributed by atoms with van der Waals surface area (Å²) in [6.45, 7) is 0.329. The third-order valence-electron chi connectivity index (χ3n) is 4.03. The predicted molar refractivity (Wildman–Crippen MR) is 115 cm³/mol. The molecule has 3 aromatic rings. The van der Waals surface area contributed by atoms with E-state index in [1.807, 2.05) is 0 Å². The van der Waals surface area contributed by atoms with Gasteiger partial charge in [-0.15, -0.1) is 11.6 Å². The molecule has 28 heavy (non-hydrogen) atoms. The van der Waals surface area contributed by atoms with Gasteiger partial charge in [0.05, 0.1) is 28.2 Å². The quantitative estimate of drug-likeness (QED) is 0.383. The van der Waals surface area contributed by atoms with E-state index < -0.39 is 0 Å². The molecule has 0 aliphatic carbocycles. The van der Waals surface area contributed by atoms with Crippen molar-refractivity contribution >= 4 is 58.0 Å². The molecule has 0 radical (unpaired) electrons. The molecule has 0 aliphatic rings. The molecule has 0 amide bonds. The topological polar surface area (TPSA) is 107 Å². The Hall–Kier alpha value is -2.54. The van der Waals surface area contributed by atoms with Crippen LogP contribution in [0, 0.1) is 0 Å². The van der Waals surface area contributed by atoms with E-state index in [0.717, 1.165) is 11.3 Å². The summed E-state index contributed by atoms with van der Waals surface area (Å²) in [6.07, 6.45) is 0. The maximum absolute atomic E-state index is 11.6. The van der Waals surface area contributed by atoms with E-state index in [0.29, 0.717) is 33.4 Å². The number of anilines is 3. The molecule has 0 saturated carbocycles. The molecule has 5 N–H and O–H groups in total. The fourth-order valence-electron chi connectivity index (χ4n) is 2.68. The molecule has 0 bridgehead atoms. The number of nitrogens with zero attached hydrogens (tertiary/aromatic N) is 2. The predicted octanol–water partition coefficient (Wildman–Crippen LogP) is 4.65. The summed E-state index contributed by atoms with van der Waals surface area (Å²) in [6, 6.07) is 12.1. The summed E-state index contributed by atoms with van der Waals surface area (Å²) in [4.78, 5) is 20.0.